The normalized spacial score (nSPS) is 15.5. The highest BCUT2D eigenvalue weighted by molar-refractivity contribution is 6.42. The first kappa shape index (κ1) is 20.7. The highest BCUT2D eigenvalue weighted by Crippen LogP contribution is 2.42. The molecule has 5 nitrogen and oxygen atoms in total. The van der Waals surface area contributed by atoms with Crippen molar-refractivity contribution in [2.45, 2.75) is 26.8 Å². The van der Waals surface area contributed by atoms with Crippen molar-refractivity contribution in [2.24, 2.45) is 0 Å². The van der Waals surface area contributed by atoms with Gasteiger partial charge in [-0.2, -0.15) is 0 Å². The van der Waals surface area contributed by atoms with Crippen LogP contribution in [-0.2, 0) is 0 Å². The van der Waals surface area contributed by atoms with Gasteiger partial charge in [0.1, 0.15) is 11.4 Å². The van der Waals surface area contributed by atoms with Gasteiger partial charge in [-0.05, 0) is 79.4 Å². The minimum Gasteiger partial charge on any atom is -0.450 e. The molecule has 32 heavy (non-hydrogen) atoms. The lowest BCUT2D eigenvalue weighted by Crippen LogP contribution is -2.30. The van der Waals surface area contributed by atoms with Crippen LogP contribution >= 0.6 is 23.2 Å². The van der Waals surface area contributed by atoms with Gasteiger partial charge in [0.05, 0.1) is 27.0 Å². The number of benzene rings is 2. The molecule has 2 aromatic carbocycles. The Bertz CT molecular complexity index is 1490. The SMILES string of the molecule is Cc1ccnc(N2C(=O)c3oc4cc(C)c(C)cc4c(=O)c3[C@H]2c2ccc(Cl)c(Cl)c2)c1. The minimum absolute atomic E-state index is 0.0186. The highest BCUT2D eigenvalue weighted by atomic mass is 35.5. The van der Waals surface area contributed by atoms with Gasteiger partial charge in [-0.25, -0.2) is 4.98 Å². The summed E-state index contributed by atoms with van der Waals surface area (Å²) in [6.07, 6.45) is 1.63. The summed E-state index contributed by atoms with van der Waals surface area (Å²) in [6, 6.07) is 11.6. The van der Waals surface area contributed by atoms with Crippen LogP contribution in [0.1, 0.15) is 44.4 Å². The molecule has 0 saturated carbocycles. The second-order valence-corrected chi connectivity index (χ2v) is 8.86. The van der Waals surface area contributed by atoms with Crippen LogP contribution in [0.2, 0.25) is 10.0 Å². The molecule has 7 heteroatoms. The van der Waals surface area contributed by atoms with Crippen LogP contribution in [0.4, 0.5) is 5.82 Å². The lowest BCUT2D eigenvalue weighted by atomic mass is 9.97. The summed E-state index contributed by atoms with van der Waals surface area (Å²) in [5.74, 6) is 0.0184. The fraction of sp³-hybridized carbons (Fsp3) is 0.160. The van der Waals surface area contributed by atoms with Gasteiger partial charge in [-0.3, -0.25) is 14.5 Å². The van der Waals surface area contributed by atoms with Crippen molar-refractivity contribution in [3.8, 4) is 0 Å². The van der Waals surface area contributed by atoms with Crippen LogP contribution in [-0.4, -0.2) is 10.9 Å². The van der Waals surface area contributed by atoms with E-state index in [4.69, 9.17) is 27.6 Å². The van der Waals surface area contributed by atoms with Gasteiger partial charge >= 0.3 is 0 Å². The van der Waals surface area contributed by atoms with E-state index in [9.17, 15) is 9.59 Å². The molecule has 0 spiro atoms. The third-order valence-electron chi connectivity index (χ3n) is 5.89. The summed E-state index contributed by atoms with van der Waals surface area (Å²) in [7, 11) is 0. The maximum absolute atomic E-state index is 13.7. The van der Waals surface area contributed by atoms with Crippen molar-refractivity contribution in [3.63, 3.8) is 0 Å². The van der Waals surface area contributed by atoms with Gasteiger partial charge in [-0.1, -0.05) is 29.3 Å². The minimum atomic E-state index is -0.746. The molecule has 2 aromatic heterocycles. The topological polar surface area (TPSA) is 63.4 Å². The smallest absolute Gasteiger partial charge is 0.296 e. The van der Waals surface area contributed by atoms with Crippen molar-refractivity contribution < 1.29 is 9.21 Å². The summed E-state index contributed by atoms with van der Waals surface area (Å²) in [5.41, 5.74) is 3.93. The fourth-order valence-corrected chi connectivity index (χ4v) is 4.42. The van der Waals surface area contributed by atoms with E-state index in [-0.39, 0.29) is 16.8 Å². The van der Waals surface area contributed by atoms with Gasteiger partial charge in [0.15, 0.2) is 5.43 Å². The Morgan fingerprint density at radius 2 is 1.69 bits per heavy atom. The number of amides is 1. The maximum Gasteiger partial charge on any atom is 0.296 e. The van der Waals surface area contributed by atoms with Crippen molar-refractivity contribution in [3.05, 3.63) is 103 Å². The molecule has 4 aromatic rings. The first-order valence-corrected chi connectivity index (χ1v) is 10.8. The number of hydrogen-bond acceptors (Lipinski definition) is 4. The van der Waals surface area contributed by atoms with E-state index in [2.05, 4.69) is 4.98 Å². The Morgan fingerprint density at radius 3 is 2.41 bits per heavy atom. The zero-order valence-electron chi connectivity index (χ0n) is 17.6. The van der Waals surface area contributed by atoms with E-state index >= 15 is 0 Å². The highest BCUT2D eigenvalue weighted by Gasteiger charge is 2.44. The largest absolute Gasteiger partial charge is 0.450 e. The van der Waals surface area contributed by atoms with Crippen LogP contribution in [0.3, 0.4) is 0 Å². The summed E-state index contributed by atoms with van der Waals surface area (Å²) in [5, 5.41) is 1.15. The number of carbonyl (C=O) groups is 1. The number of aromatic nitrogens is 1. The molecule has 0 unspecified atom stereocenters. The quantitative estimate of drug-likeness (QED) is 0.355. The Labute approximate surface area is 194 Å². The molecular formula is C25H18Cl2N2O3. The molecule has 160 valence electrons. The average molecular weight is 465 g/mol. The Balaban J connectivity index is 1.84. The first-order valence-electron chi connectivity index (χ1n) is 10.1. The third-order valence-corrected chi connectivity index (χ3v) is 6.63. The van der Waals surface area contributed by atoms with Crippen LogP contribution in [0, 0.1) is 20.8 Å². The van der Waals surface area contributed by atoms with Crippen LogP contribution < -0.4 is 10.3 Å². The third kappa shape index (κ3) is 3.12. The van der Waals surface area contributed by atoms with Crippen molar-refractivity contribution in [1.29, 1.82) is 0 Å². The number of anilines is 1. The second kappa shape index (κ2) is 7.47. The molecule has 0 fully saturated rings. The number of halogens is 2. The molecule has 1 atom stereocenters. The van der Waals surface area contributed by atoms with Crippen molar-refractivity contribution >= 4 is 45.9 Å². The average Bonchev–Trinajstić information content (AvgIpc) is 3.04. The number of hydrogen-bond donors (Lipinski definition) is 0. The molecule has 1 aliphatic heterocycles. The molecule has 0 aliphatic carbocycles. The molecule has 0 saturated heterocycles. The monoisotopic (exact) mass is 464 g/mol. The number of fused-ring (bicyclic) bond motifs is 2. The molecule has 0 N–H and O–H groups in total. The van der Waals surface area contributed by atoms with E-state index < -0.39 is 11.9 Å². The molecule has 0 bridgehead atoms. The van der Waals surface area contributed by atoms with E-state index in [0.29, 0.717) is 32.4 Å². The van der Waals surface area contributed by atoms with E-state index in [1.807, 2.05) is 26.8 Å². The zero-order chi connectivity index (χ0) is 22.7. The number of nitrogens with zero attached hydrogens (tertiary/aromatic N) is 2. The Hall–Kier alpha value is -3.15. The molecule has 3 heterocycles. The number of aryl methyl sites for hydroxylation is 3. The summed E-state index contributed by atoms with van der Waals surface area (Å²) < 4.78 is 6.04. The van der Waals surface area contributed by atoms with Crippen molar-refractivity contribution in [1.82, 2.24) is 4.98 Å². The van der Waals surface area contributed by atoms with Gasteiger partial charge < -0.3 is 4.42 Å². The lowest BCUT2D eigenvalue weighted by Gasteiger charge is -2.24. The number of rotatable bonds is 2. The van der Waals surface area contributed by atoms with Gasteiger partial charge in [0.2, 0.25) is 5.76 Å². The molecule has 1 aliphatic rings. The number of carbonyl (C=O) groups excluding carboxylic acids is 1. The predicted molar refractivity (Wildman–Crippen MR) is 126 cm³/mol. The van der Waals surface area contributed by atoms with Gasteiger partial charge in [0.25, 0.3) is 5.91 Å². The zero-order valence-corrected chi connectivity index (χ0v) is 19.1. The van der Waals surface area contributed by atoms with E-state index in [0.717, 1.165) is 16.7 Å². The Morgan fingerprint density at radius 1 is 0.938 bits per heavy atom. The van der Waals surface area contributed by atoms with Crippen LogP contribution in [0.25, 0.3) is 11.0 Å². The molecule has 1 amide bonds. The summed E-state index contributed by atoms with van der Waals surface area (Å²) in [4.78, 5) is 33.2. The fourth-order valence-electron chi connectivity index (χ4n) is 4.11. The second-order valence-electron chi connectivity index (χ2n) is 8.05. The lowest BCUT2D eigenvalue weighted by molar-refractivity contribution is 0.0970. The summed E-state index contributed by atoms with van der Waals surface area (Å²) >= 11 is 12.4. The van der Waals surface area contributed by atoms with Crippen LogP contribution in [0.5, 0.6) is 0 Å². The van der Waals surface area contributed by atoms with Crippen LogP contribution in [0.15, 0.2) is 57.9 Å². The standard InChI is InChI=1S/C25H18Cl2N2O3/c1-12-6-7-28-20(8-12)29-22(15-4-5-17(26)18(27)11-15)21-23(30)16-9-13(2)14(3)10-19(16)32-24(21)25(29)31/h4-11,22H,1-3H3/t22-/m1/s1. The summed E-state index contributed by atoms with van der Waals surface area (Å²) in [6.45, 7) is 5.79. The number of pyridine rings is 1. The molecule has 5 rings (SSSR count). The molecular weight excluding hydrogens is 447 g/mol. The molecule has 0 radical (unpaired) electrons. The predicted octanol–water partition coefficient (Wildman–Crippen LogP) is 6.17. The van der Waals surface area contributed by atoms with Crippen molar-refractivity contribution in [2.75, 3.05) is 4.90 Å². The van der Waals surface area contributed by atoms with Gasteiger partial charge in [-0.15, -0.1) is 0 Å². The first-order chi connectivity index (χ1) is 15.3. The van der Waals surface area contributed by atoms with E-state index in [1.54, 1.807) is 42.6 Å². The van der Waals surface area contributed by atoms with Gasteiger partial charge in [0, 0.05) is 6.20 Å². The van der Waals surface area contributed by atoms with E-state index in [1.165, 1.54) is 4.90 Å². The Kier molecular flexibility index (Phi) is 4.84. The maximum atomic E-state index is 13.7.